The molecule has 1 aromatic carbocycles. The number of rotatable bonds is 6. The van der Waals surface area contributed by atoms with Crippen LogP contribution in [0.15, 0.2) is 24.4 Å². The predicted molar refractivity (Wildman–Crippen MR) is 85.6 cm³/mol. The normalized spacial score (nSPS) is 15.3. The Hall–Kier alpha value is -2.41. The van der Waals surface area contributed by atoms with Crippen LogP contribution in [0.3, 0.4) is 0 Å². The fraction of sp³-hybridized carbons (Fsp3) is 0.412. The summed E-state index contributed by atoms with van der Waals surface area (Å²) in [7, 11) is 0. The third kappa shape index (κ3) is 3.41. The molecule has 0 spiro atoms. The Labute approximate surface area is 138 Å². The number of halogens is 1. The Morgan fingerprint density at radius 3 is 2.88 bits per heavy atom. The first-order valence-corrected chi connectivity index (χ1v) is 7.96. The third-order valence-corrected chi connectivity index (χ3v) is 4.26. The van der Waals surface area contributed by atoms with Gasteiger partial charge in [-0.25, -0.2) is 9.07 Å². The number of benzene rings is 1. The van der Waals surface area contributed by atoms with Crippen molar-refractivity contribution in [3.05, 3.63) is 41.5 Å². The molecule has 1 aromatic heterocycles. The number of hydrogen-bond donors (Lipinski definition) is 3. The van der Waals surface area contributed by atoms with Crippen LogP contribution < -0.4 is 5.32 Å². The Bertz CT molecular complexity index is 756. The van der Waals surface area contributed by atoms with Gasteiger partial charge >= 0.3 is 0 Å². The molecule has 0 radical (unpaired) electrons. The molecular formula is C17H20FN3O3. The molecule has 7 heteroatoms. The first-order valence-electron chi connectivity index (χ1n) is 7.96. The van der Waals surface area contributed by atoms with Crippen molar-refractivity contribution in [3.63, 3.8) is 0 Å². The van der Waals surface area contributed by atoms with E-state index in [0.717, 1.165) is 12.8 Å². The zero-order valence-corrected chi connectivity index (χ0v) is 13.4. The van der Waals surface area contributed by atoms with Gasteiger partial charge in [-0.1, -0.05) is 0 Å². The molecule has 6 nitrogen and oxygen atoms in total. The number of aromatic hydroxyl groups is 1. The van der Waals surface area contributed by atoms with Gasteiger partial charge in [-0.3, -0.25) is 4.79 Å². The summed E-state index contributed by atoms with van der Waals surface area (Å²) in [5, 5.41) is 26.1. The lowest BCUT2D eigenvalue weighted by atomic mass is 10.1. The third-order valence-electron chi connectivity index (χ3n) is 4.26. The number of amides is 1. The number of carbonyl (C=O) groups excluding carboxylic acids is 1. The molecule has 0 aliphatic heterocycles. The molecule has 1 amide bonds. The van der Waals surface area contributed by atoms with Crippen LogP contribution in [-0.4, -0.2) is 38.5 Å². The van der Waals surface area contributed by atoms with Gasteiger partial charge in [0.15, 0.2) is 11.4 Å². The molecule has 1 aliphatic rings. The summed E-state index contributed by atoms with van der Waals surface area (Å²) >= 11 is 0. The van der Waals surface area contributed by atoms with Crippen LogP contribution in [0.2, 0.25) is 0 Å². The molecule has 1 unspecified atom stereocenters. The van der Waals surface area contributed by atoms with Crippen molar-refractivity contribution >= 4 is 5.91 Å². The molecule has 1 heterocycles. The molecule has 3 rings (SSSR count). The summed E-state index contributed by atoms with van der Waals surface area (Å²) in [4.78, 5) is 12.4. The number of aromatic nitrogens is 2. The first-order chi connectivity index (χ1) is 11.5. The van der Waals surface area contributed by atoms with E-state index in [-0.39, 0.29) is 29.9 Å². The summed E-state index contributed by atoms with van der Waals surface area (Å²) < 4.78 is 14.6. The van der Waals surface area contributed by atoms with Crippen LogP contribution in [-0.2, 0) is 0 Å². The highest BCUT2D eigenvalue weighted by Crippen LogP contribution is 2.34. The van der Waals surface area contributed by atoms with E-state index in [4.69, 9.17) is 5.11 Å². The average molecular weight is 333 g/mol. The second-order valence-corrected chi connectivity index (χ2v) is 6.17. The summed E-state index contributed by atoms with van der Waals surface area (Å²) in [5.41, 5.74) is 1.14. The van der Waals surface area contributed by atoms with Crippen LogP contribution in [0, 0.1) is 18.7 Å². The first kappa shape index (κ1) is 16.4. The monoisotopic (exact) mass is 333 g/mol. The van der Waals surface area contributed by atoms with Crippen LogP contribution in [0.25, 0.3) is 5.69 Å². The second kappa shape index (κ2) is 6.60. The van der Waals surface area contributed by atoms with Crippen LogP contribution in [0.1, 0.15) is 35.3 Å². The standard InChI is InChI=1S/C17H20FN3O3/c1-10-8-12(18)4-5-14(10)21-9-15(23)16(20-21)17(24)19-13(6-7-22)11-2-3-11/h4-5,8-9,11,13,22-23H,2-3,6-7H2,1H3,(H,19,24). The van der Waals surface area contributed by atoms with Crippen molar-refractivity contribution in [2.45, 2.75) is 32.2 Å². The van der Waals surface area contributed by atoms with Gasteiger partial charge in [-0.15, -0.1) is 0 Å². The second-order valence-electron chi connectivity index (χ2n) is 6.17. The van der Waals surface area contributed by atoms with Crippen molar-refractivity contribution in [1.29, 1.82) is 0 Å². The summed E-state index contributed by atoms with van der Waals surface area (Å²) in [6.07, 6.45) is 3.86. The van der Waals surface area contributed by atoms with Crippen LogP contribution >= 0.6 is 0 Å². The molecule has 1 saturated carbocycles. The topological polar surface area (TPSA) is 87.4 Å². The van der Waals surface area contributed by atoms with Crippen molar-refractivity contribution < 1.29 is 19.4 Å². The fourth-order valence-electron chi connectivity index (χ4n) is 2.83. The smallest absolute Gasteiger partial charge is 0.275 e. The van der Waals surface area contributed by atoms with E-state index in [2.05, 4.69) is 10.4 Å². The summed E-state index contributed by atoms with van der Waals surface area (Å²) in [6, 6.07) is 4.08. The Balaban J connectivity index is 1.81. The summed E-state index contributed by atoms with van der Waals surface area (Å²) in [6.45, 7) is 1.72. The number of carbonyl (C=O) groups is 1. The number of aliphatic hydroxyl groups is 1. The lowest BCUT2D eigenvalue weighted by Crippen LogP contribution is -2.37. The van der Waals surface area contributed by atoms with E-state index in [0.29, 0.717) is 23.6 Å². The maximum atomic E-state index is 13.2. The number of nitrogens with one attached hydrogen (secondary N) is 1. The lowest BCUT2D eigenvalue weighted by molar-refractivity contribution is 0.0916. The Morgan fingerprint density at radius 1 is 1.50 bits per heavy atom. The fourth-order valence-corrected chi connectivity index (χ4v) is 2.83. The molecule has 24 heavy (non-hydrogen) atoms. The summed E-state index contributed by atoms with van der Waals surface area (Å²) in [5.74, 6) is -0.697. The minimum absolute atomic E-state index is 0.00333. The highest BCUT2D eigenvalue weighted by molar-refractivity contribution is 5.95. The van der Waals surface area contributed by atoms with Crippen LogP contribution in [0.4, 0.5) is 4.39 Å². The minimum Gasteiger partial charge on any atom is -0.504 e. The van der Waals surface area contributed by atoms with Gasteiger partial charge < -0.3 is 15.5 Å². The van der Waals surface area contributed by atoms with E-state index in [1.54, 1.807) is 6.92 Å². The van der Waals surface area contributed by atoms with E-state index in [9.17, 15) is 14.3 Å². The van der Waals surface area contributed by atoms with Gasteiger partial charge in [0.25, 0.3) is 5.91 Å². The lowest BCUT2D eigenvalue weighted by Gasteiger charge is -2.16. The molecule has 1 atom stereocenters. The van der Waals surface area contributed by atoms with Gasteiger partial charge in [0.2, 0.25) is 0 Å². The Kier molecular flexibility index (Phi) is 4.53. The number of nitrogens with zero attached hydrogens (tertiary/aromatic N) is 2. The number of aryl methyl sites for hydroxylation is 1. The molecule has 3 N–H and O–H groups in total. The van der Waals surface area contributed by atoms with Gasteiger partial charge in [-0.05, 0) is 55.9 Å². The molecular weight excluding hydrogens is 313 g/mol. The highest BCUT2D eigenvalue weighted by Gasteiger charge is 2.33. The van der Waals surface area contributed by atoms with Crippen molar-refractivity contribution in [1.82, 2.24) is 15.1 Å². The molecule has 1 aliphatic carbocycles. The minimum atomic E-state index is -0.476. The predicted octanol–water partition coefficient (Wildman–Crippen LogP) is 1.92. The maximum Gasteiger partial charge on any atom is 0.275 e. The molecule has 2 aromatic rings. The van der Waals surface area contributed by atoms with Crippen LogP contribution in [0.5, 0.6) is 5.75 Å². The van der Waals surface area contributed by atoms with Crippen molar-refractivity contribution in [2.75, 3.05) is 6.61 Å². The number of aliphatic hydroxyl groups excluding tert-OH is 1. The van der Waals surface area contributed by atoms with Crippen molar-refractivity contribution in [2.24, 2.45) is 5.92 Å². The van der Waals surface area contributed by atoms with E-state index in [1.807, 2.05) is 0 Å². The van der Waals surface area contributed by atoms with Gasteiger partial charge in [-0.2, -0.15) is 5.10 Å². The van der Waals surface area contributed by atoms with E-state index >= 15 is 0 Å². The number of hydrogen-bond acceptors (Lipinski definition) is 4. The van der Waals surface area contributed by atoms with Gasteiger partial charge in [0, 0.05) is 12.6 Å². The van der Waals surface area contributed by atoms with E-state index < -0.39 is 5.91 Å². The van der Waals surface area contributed by atoms with E-state index in [1.165, 1.54) is 29.1 Å². The highest BCUT2D eigenvalue weighted by atomic mass is 19.1. The quantitative estimate of drug-likeness (QED) is 0.754. The molecule has 0 bridgehead atoms. The zero-order valence-electron chi connectivity index (χ0n) is 13.4. The molecule has 0 saturated heterocycles. The molecule has 128 valence electrons. The van der Waals surface area contributed by atoms with Gasteiger partial charge in [0.1, 0.15) is 5.82 Å². The SMILES string of the molecule is Cc1cc(F)ccc1-n1cc(O)c(C(=O)NC(CCO)C2CC2)n1. The molecule has 1 fully saturated rings. The zero-order chi connectivity index (χ0) is 17.3. The van der Waals surface area contributed by atoms with Crippen molar-refractivity contribution in [3.8, 4) is 11.4 Å². The average Bonchev–Trinajstić information content (AvgIpc) is 3.29. The Morgan fingerprint density at radius 2 is 2.25 bits per heavy atom. The van der Waals surface area contributed by atoms with Gasteiger partial charge in [0.05, 0.1) is 11.9 Å². The maximum absolute atomic E-state index is 13.2. The largest absolute Gasteiger partial charge is 0.504 e.